The Balaban J connectivity index is 3.09. The molecule has 1 aromatic carbocycles. The number of halogens is 1. The second-order valence-corrected chi connectivity index (χ2v) is 6.69. The van der Waals surface area contributed by atoms with Gasteiger partial charge in [-0.15, -0.1) is 0 Å². The number of sulfonamides is 1. The maximum atomic E-state index is 13.6. The molecule has 0 aromatic heterocycles. The molecule has 7 heteroatoms. The second-order valence-electron chi connectivity index (χ2n) is 5.00. The Bertz CT molecular complexity index is 598. The first kappa shape index (κ1) is 16.6. The van der Waals surface area contributed by atoms with Crippen LogP contribution in [0.5, 0.6) is 0 Å². The van der Waals surface area contributed by atoms with Gasteiger partial charge in [0.1, 0.15) is 10.7 Å². The summed E-state index contributed by atoms with van der Waals surface area (Å²) in [6.07, 6.45) is -0.357. The maximum Gasteiger partial charge on any atom is 0.304 e. The second kappa shape index (κ2) is 6.32. The molecular weight excluding hydrogens is 285 g/mol. The van der Waals surface area contributed by atoms with Crippen LogP contribution in [0.2, 0.25) is 0 Å². The van der Waals surface area contributed by atoms with E-state index >= 15 is 0 Å². The number of aliphatic carboxylic acids is 1. The summed E-state index contributed by atoms with van der Waals surface area (Å²) >= 11 is 0. The molecule has 112 valence electrons. The Morgan fingerprint density at radius 2 is 2.00 bits per heavy atom. The molecule has 1 atom stereocenters. The Morgan fingerprint density at radius 1 is 1.40 bits per heavy atom. The van der Waals surface area contributed by atoms with Crippen molar-refractivity contribution in [2.75, 3.05) is 0 Å². The number of benzene rings is 1. The molecule has 20 heavy (non-hydrogen) atoms. The lowest BCUT2D eigenvalue weighted by molar-refractivity contribution is -0.137. The van der Waals surface area contributed by atoms with Gasteiger partial charge in [-0.25, -0.2) is 17.5 Å². The van der Waals surface area contributed by atoms with Crippen LogP contribution >= 0.6 is 0 Å². The first-order chi connectivity index (χ1) is 9.13. The predicted octanol–water partition coefficient (Wildman–Crippen LogP) is 1.91. The number of carboxylic acids is 1. The smallest absolute Gasteiger partial charge is 0.304 e. The summed E-state index contributed by atoms with van der Waals surface area (Å²) in [5, 5.41) is 8.79. The van der Waals surface area contributed by atoms with E-state index in [1.807, 2.05) is 0 Å². The van der Waals surface area contributed by atoms with Gasteiger partial charge in [-0.2, -0.15) is 0 Å². The van der Waals surface area contributed by atoms with Crippen molar-refractivity contribution in [3.8, 4) is 0 Å². The Labute approximate surface area is 117 Å². The van der Waals surface area contributed by atoms with E-state index in [0.717, 1.165) is 6.07 Å². The van der Waals surface area contributed by atoms with Crippen LogP contribution in [0.15, 0.2) is 23.1 Å². The Kier molecular flexibility index (Phi) is 5.24. The summed E-state index contributed by atoms with van der Waals surface area (Å²) < 4.78 is 40.2. The van der Waals surface area contributed by atoms with Crippen molar-refractivity contribution in [1.82, 2.24) is 4.72 Å². The van der Waals surface area contributed by atoms with Crippen LogP contribution in [0.25, 0.3) is 0 Å². The highest BCUT2D eigenvalue weighted by molar-refractivity contribution is 7.89. The van der Waals surface area contributed by atoms with Gasteiger partial charge in [0.05, 0.1) is 6.42 Å². The lowest BCUT2D eigenvalue weighted by atomic mass is 10.0. The molecule has 1 aromatic rings. The van der Waals surface area contributed by atoms with Crippen LogP contribution in [0, 0.1) is 18.7 Å². The molecule has 0 aliphatic rings. The summed E-state index contributed by atoms with van der Waals surface area (Å²) in [5.74, 6) is -2.20. The molecular formula is C13H18FNO4S. The van der Waals surface area contributed by atoms with Gasteiger partial charge < -0.3 is 5.11 Å². The van der Waals surface area contributed by atoms with Crippen molar-refractivity contribution < 1.29 is 22.7 Å². The Morgan fingerprint density at radius 3 is 2.50 bits per heavy atom. The number of nitrogens with one attached hydrogen (secondary N) is 1. The molecule has 0 aliphatic heterocycles. The molecule has 0 spiro atoms. The monoisotopic (exact) mass is 303 g/mol. The molecule has 1 rings (SSSR count). The van der Waals surface area contributed by atoms with Crippen LogP contribution < -0.4 is 4.72 Å². The normalized spacial score (nSPS) is 13.4. The van der Waals surface area contributed by atoms with E-state index in [1.54, 1.807) is 20.8 Å². The van der Waals surface area contributed by atoms with Gasteiger partial charge in [0.2, 0.25) is 10.0 Å². The van der Waals surface area contributed by atoms with Crippen molar-refractivity contribution in [2.45, 2.75) is 38.1 Å². The Hall–Kier alpha value is -1.47. The van der Waals surface area contributed by atoms with E-state index in [9.17, 15) is 17.6 Å². The molecule has 5 nitrogen and oxygen atoms in total. The fourth-order valence-corrected chi connectivity index (χ4v) is 3.23. The van der Waals surface area contributed by atoms with Gasteiger partial charge in [-0.05, 0) is 30.5 Å². The summed E-state index contributed by atoms with van der Waals surface area (Å²) in [6.45, 7) is 5.04. The largest absolute Gasteiger partial charge is 0.481 e. The molecule has 2 N–H and O–H groups in total. The van der Waals surface area contributed by atoms with E-state index in [0.29, 0.717) is 5.56 Å². The summed E-state index contributed by atoms with van der Waals surface area (Å²) in [7, 11) is -4.09. The number of aryl methyl sites for hydroxylation is 1. The minimum Gasteiger partial charge on any atom is -0.481 e. The van der Waals surface area contributed by atoms with Gasteiger partial charge in [0.25, 0.3) is 0 Å². The third kappa shape index (κ3) is 4.28. The predicted molar refractivity (Wildman–Crippen MR) is 72.3 cm³/mol. The first-order valence-corrected chi connectivity index (χ1v) is 7.62. The molecule has 0 saturated heterocycles. The number of rotatable bonds is 6. The SMILES string of the molecule is Cc1ccc(F)c(S(=O)(=O)NC(CC(=O)O)C(C)C)c1. The van der Waals surface area contributed by atoms with E-state index in [-0.39, 0.29) is 12.3 Å². The molecule has 0 radical (unpaired) electrons. The van der Waals surface area contributed by atoms with Gasteiger partial charge in [0.15, 0.2) is 0 Å². The summed E-state index contributed by atoms with van der Waals surface area (Å²) in [6, 6.07) is 2.96. The minimum absolute atomic E-state index is 0.228. The molecule has 0 fully saturated rings. The molecule has 0 saturated carbocycles. The van der Waals surface area contributed by atoms with Gasteiger partial charge in [-0.3, -0.25) is 4.79 Å². The maximum absolute atomic E-state index is 13.6. The highest BCUT2D eigenvalue weighted by Gasteiger charge is 2.26. The van der Waals surface area contributed by atoms with Crippen molar-refractivity contribution >= 4 is 16.0 Å². The fourth-order valence-electron chi connectivity index (χ4n) is 1.68. The third-order valence-corrected chi connectivity index (χ3v) is 4.39. The van der Waals surface area contributed by atoms with Crippen molar-refractivity contribution in [1.29, 1.82) is 0 Å². The van der Waals surface area contributed by atoms with Crippen LogP contribution in [0.3, 0.4) is 0 Å². The minimum atomic E-state index is -4.09. The van der Waals surface area contributed by atoms with Crippen molar-refractivity contribution in [3.63, 3.8) is 0 Å². The van der Waals surface area contributed by atoms with Gasteiger partial charge in [-0.1, -0.05) is 19.9 Å². The van der Waals surface area contributed by atoms with E-state index in [1.165, 1.54) is 12.1 Å². The number of carbonyl (C=O) groups is 1. The fraction of sp³-hybridized carbons (Fsp3) is 0.462. The topological polar surface area (TPSA) is 83.5 Å². The molecule has 0 heterocycles. The summed E-state index contributed by atoms with van der Waals surface area (Å²) in [4.78, 5) is 10.3. The lowest BCUT2D eigenvalue weighted by Crippen LogP contribution is -2.40. The zero-order chi connectivity index (χ0) is 15.5. The van der Waals surface area contributed by atoms with Crippen LogP contribution in [0.4, 0.5) is 4.39 Å². The zero-order valence-corrected chi connectivity index (χ0v) is 12.4. The van der Waals surface area contributed by atoms with E-state index in [4.69, 9.17) is 5.11 Å². The van der Waals surface area contributed by atoms with E-state index in [2.05, 4.69) is 4.72 Å². The lowest BCUT2D eigenvalue weighted by Gasteiger charge is -2.20. The van der Waals surface area contributed by atoms with Crippen LogP contribution in [-0.4, -0.2) is 25.5 Å². The molecule has 0 bridgehead atoms. The standard InChI is InChI=1S/C13H18FNO4S/c1-8(2)11(7-13(16)17)15-20(18,19)12-6-9(3)4-5-10(12)14/h4-6,8,11,15H,7H2,1-3H3,(H,16,17). The number of hydrogen-bond donors (Lipinski definition) is 2. The van der Waals surface area contributed by atoms with Crippen molar-refractivity contribution in [2.24, 2.45) is 5.92 Å². The average Bonchev–Trinajstić information content (AvgIpc) is 2.30. The highest BCUT2D eigenvalue weighted by atomic mass is 32.2. The molecule has 1 unspecified atom stereocenters. The average molecular weight is 303 g/mol. The van der Waals surface area contributed by atoms with E-state index < -0.39 is 32.7 Å². The highest BCUT2D eigenvalue weighted by Crippen LogP contribution is 2.18. The number of hydrogen-bond acceptors (Lipinski definition) is 3. The van der Waals surface area contributed by atoms with Gasteiger partial charge >= 0.3 is 5.97 Å². The van der Waals surface area contributed by atoms with Crippen LogP contribution in [0.1, 0.15) is 25.8 Å². The zero-order valence-electron chi connectivity index (χ0n) is 11.6. The summed E-state index contributed by atoms with van der Waals surface area (Å²) in [5.41, 5.74) is 0.603. The molecule has 0 amide bonds. The third-order valence-electron chi connectivity index (χ3n) is 2.88. The van der Waals surface area contributed by atoms with Crippen LogP contribution in [-0.2, 0) is 14.8 Å². The van der Waals surface area contributed by atoms with Gasteiger partial charge in [0, 0.05) is 6.04 Å². The molecule has 0 aliphatic carbocycles. The first-order valence-electron chi connectivity index (χ1n) is 6.13. The number of carboxylic acid groups (broad SMARTS) is 1. The quantitative estimate of drug-likeness (QED) is 0.841. The van der Waals surface area contributed by atoms with Crippen molar-refractivity contribution in [3.05, 3.63) is 29.6 Å².